The minimum atomic E-state index is -0.183. The molecule has 2 atom stereocenters. The topological polar surface area (TPSA) is 41.3 Å². The van der Waals surface area contributed by atoms with E-state index < -0.39 is 0 Å². The summed E-state index contributed by atoms with van der Waals surface area (Å²) in [5, 5.41) is 9.67. The first-order valence-electron chi connectivity index (χ1n) is 7.15. The van der Waals surface area contributed by atoms with Crippen LogP contribution in [0.15, 0.2) is 6.20 Å². The molecule has 2 aliphatic heterocycles. The van der Waals surface area contributed by atoms with Crippen molar-refractivity contribution in [2.24, 2.45) is 0 Å². The van der Waals surface area contributed by atoms with Crippen LogP contribution in [-0.2, 0) is 19.4 Å². The molecule has 1 saturated heterocycles. The fraction of sp³-hybridized carbons (Fsp3) is 0.786. The van der Waals surface area contributed by atoms with E-state index in [0.717, 1.165) is 31.6 Å². The van der Waals surface area contributed by atoms with Crippen molar-refractivity contribution in [2.45, 2.75) is 57.2 Å². The monoisotopic (exact) mass is 249 g/mol. The number of piperidine rings is 1. The molecule has 0 amide bonds. The van der Waals surface area contributed by atoms with E-state index in [9.17, 15) is 5.11 Å². The quantitative estimate of drug-likeness (QED) is 0.857. The van der Waals surface area contributed by atoms with Gasteiger partial charge in [0.05, 0.1) is 11.8 Å². The Hall–Kier alpha value is -0.870. The normalized spacial score (nSPS) is 29.2. The van der Waals surface area contributed by atoms with E-state index >= 15 is 0 Å². The van der Waals surface area contributed by atoms with Crippen molar-refractivity contribution < 1.29 is 5.11 Å². The van der Waals surface area contributed by atoms with Crippen LogP contribution in [0.25, 0.3) is 0 Å². The Morgan fingerprint density at radius 2 is 2.28 bits per heavy atom. The van der Waals surface area contributed by atoms with E-state index in [1.54, 1.807) is 0 Å². The molecule has 4 nitrogen and oxygen atoms in total. The van der Waals surface area contributed by atoms with Crippen molar-refractivity contribution in [1.82, 2.24) is 14.5 Å². The zero-order valence-electron chi connectivity index (χ0n) is 11.2. The highest BCUT2D eigenvalue weighted by molar-refractivity contribution is 5.09. The number of hydrogen-bond donors (Lipinski definition) is 1. The smallest absolute Gasteiger partial charge is 0.109 e. The third kappa shape index (κ3) is 2.45. The van der Waals surface area contributed by atoms with E-state index in [2.05, 4.69) is 22.7 Å². The fourth-order valence-corrected chi connectivity index (χ4v) is 3.23. The van der Waals surface area contributed by atoms with Crippen LogP contribution in [0.4, 0.5) is 0 Å². The molecule has 1 fully saturated rings. The standard InChI is InChI=1S/C14H23N3O/c1-16-7-3-2-4-12(16)8-11-9-17-10-13(18)5-6-14(17)15-11/h9,12-13,18H,2-8,10H2,1H3. The van der Waals surface area contributed by atoms with Gasteiger partial charge in [0, 0.05) is 31.6 Å². The lowest BCUT2D eigenvalue weighted by molar-refractivity contribution is 0.130. The number of aromatic nitrogens is 2. The van der Waals surface area contributed by atoms with Crippen LogP contribution < -0.4 is 0 Å². The molecule has 0 saturated carbocycles. The molecule has 1 aromatic heterocycles. The van der Waals surface area contributed by atoms with Crippen molar-refractivity contribution >= 4 is 0 Å². The average Bonchev–Trinajstić information content (AvgIpc) is 2.73. The summed E-state index contributed by atoms with van der Waals surface area (Å²) in [7, 11) is 2.23. The van der Waals surface area contributed by atoms with E-state index in [4.69, 9.17) is 4.98 Å². The summed E-state index contributed by atoms with van der Waals surface area (Å²) in [4.78, 5) is 7.21. The number of aliphatic hydroxyl groups is 1. The molecule has 2 unspecified atom stereocenters. The lowest BCUT2D eigenvalue weighted by Crippen LogP contribution is -2.37. The number of nitrogens with zero attached hydrogens (tertiary/aromatic N) is 3. The number of imidazole rings is 1. The van der Waals surface area contributed by atoms with Gasteiger partial charge in [-0.1, -0.05) is 6.42 Å². The molecule has 0 bridgehead atoms. The first-order chi connectivity index (χ1) is 8.72. The zero-order chi connectivity index (χ0) is 12.5. The van der Waals surface area contributed by atoms with Crippen LogP contribution in [0.5, 0.6) is 0 Å². The molecular formula is C14H23N3O. The first kappa shape index (κ1) is 12.2. The van der Waals surface area contributed by atoms with Crippen molar-refractivity contribution in [2.75, 3.05) is 13.6 Å². The van der Waals surface area contributed by atoms with Crippen LogP contribution >= 0.6 is 0 Å². The third-order valence-electron chi connectivity index (χ3n) is 4.38. The lowest BCUT2D eigenvalue weighted by atomic mass is 9.99. The minimum Gasteiger partial charge on any atom is -0.391 e. The van der Waals surface area contributed by atoms with Gasteiger partial charge in [0.1, 0.15) is 5.82 Å². The van der Waals surface area contributed by atoms with Gasteiger partial charge >= 0.3 is 0 Å². The van der Waals surface area contributed by atoms with Gasteiger partial charge in [-0.05, 0) is 32.9 Å². The predicted molar refractivity (Wildman–Crippen MR) is 70.5 cm³/mol. The summed E-state index contributed by atoms with van der Waals surface area (Å²) in [5.41, 5.74) is 1.21. The molecular weight excluding hydrogens is 226 g/mol. The molecule has 1 aromatic rings. The molecule has 0 aliphatic carbocycles. The van der Waals surface area contributed by atoms with Crippen molar-refractivity contribution in [3.63, 3.8) is 0 Å². The van der Waals surface area contributed by atoms with Gasteiger partial charge in [0.25, 0.3) is 0 Å². The van der Waals surface area contributed by atoms with E-state index in [0.29, 0.717) is 6.04 Å². The minimum absolute atomic E-state index is 0.183. The second-order valence-corrected chi connectivity index (χ2v) is 5.83. The Kier molecular flexibility index (Phi) is 3.39. The highest BCUT2D eigenvalue weighted by atomic mass is 16.3. The number of aliphatic hydroxyl groups excluding tert-OH is 1. The molecule has 100 valence electrons. The van der Waals surface area contributed by atoms with Crippen molar-refractivity contribution in [1.29, 1.82) is 0 Å². The van der Waals surface area contributed by atoms with E-state index in [1.165, 1.54) is 31.5 Å². The van der Waals surface area contributed by atoms with Gasteiger partial charge in [-0.25, -0.2) is 4.98 Å². The lowest BCUT2D eigenvalue weighted by Gasteiger charge is -2.31. The Bertz CT molecular complexity index is 415. The number of rotatable bonds is 2. The maximum absolute atomic E-state index is 9.67. The van der Waals surface area contributed by atoms with Crippen LogP contribution in [0.3, 0.4) is 0 Å². The highest BCUT2D eigenvalue weighted by Crippen LogP contribution is 2.21. The molecule has 3 rings (SSSR count). The van der Waals surface area contributed by atoms with Crippen molar-refractivity contribution in [3.05, 3.63) is 17.7 Å². The van der Waals surface area contributed by atoms with Gasteiger partial charge in [0.2, 0.25) is 0 Å². The van der Waals surface area contributed by atoms with Gasteiger partial charge in [-0.2, -0.15) is 0 Å². The summed E-state index contributed by atoms with van der Waals surface area (Å²) in [5.74, 6) is 1.16. The summed E-state index contributed by atoms with van der Waals surface area (Å²) in [6.07, 6.45) is 8.78. The summed E-state index contributed by atoms with van der Waals surface area (Å²) < 4.78 is 2.15. The molecule has 0 aromatic carbocycles. The molecule has 2 aliphatic rings. The number of hydrogen-bond acceptors (Lipinski definition) is 3. The number of likely N-dealkylation sites (tertiary alicyclic amines) is 1. The van der Waals surface area contributed by atoms with Crippen LogP contribution in [0.2, 0.25) is 0 Å². The number of aryl methyl sites for hydroxylation is 1. The van der Waals surface area contributed by atoms with Crippen LogP contribution in [-0.4, -0.2) is 45.3 Å². The SMILES string of the molecule is CN1CCCCC1Cc1cn2c(n1)CCC(O)C2. The van der Waals surface area contributed by atoms with Crippen molar-refractivity contribution in [3.8, 4) is 0 Å². The maximum atomic E-state index is 9.67. The van der Waals surface area contributed by atoms with Gasteiger partial charge in [-0.3, -0.25) is 0 Å². The molecule has 3 heterocycles. The second kappa shape index (κ2) is 5.02. The third-order valence-corrected chi connectivity index (χ3v) is 4.38. The molecule has 0 spiro atoms. The Morgan fingerprint density at radius 3 is 3.11 bits per heavy atom. The van der Waals surface area contributed by atoms with Crippen LogP contribution in [0, 0.1) is 0 Å². The molecule has 18 heavy (non-hydrogen) atoms. The number of fused-ring (bicyclic) bond motifs is 1. The zero-order valence-corrected chi connectivity index (χ0v) is 11.2. The highest BCUT2D eigenvalue weighted by Gasteiger charge is 2.23. The largest absolute Gasteiger partial charge is 0.391 e. The Morgan fingerprint density at radius 1 is 1.39 bits per heavy atom. The fourth-order valence-electron chi connectivity index (χ4n) is 3.23. The van der Waals surface area contributed by atoms with E-state index in [-0.39, 0.29) is 6.10 Å². The number of likely N-dealkylation sites (N-methyl/N-ethyl adjacent to an activating group) is 1. The van der Waals surface area contributed by atoms with Gasteiger partial charge in [-0.15, -0.1) is 0 Å². The Labute approximate surface area is 109 Å². The van der Waals surface area contributed by atoms with Gasteiger partial charge < -0.3 is 14.6 Å². The van der Waals surface area contributed by atoms with Gasteiger partial charge in [0.15, 0.2) is 0 Å². The summed E-state index contributed by atoms with van der Waals surface area (Å²) in [6, 6.07) is 0.653. The van der Waals surface area contributed by atoms with Crippen LogP contribution in [0.1, 0.15) is 37.2 Å². The summed E-state index contributed by atoms with van der Waals surface area (Å²) >= 11 is 0. The second-order valence-electron chi connectivity index (χ2n) is 5.83. The molecule has 1 N–H and O–H groups in total. The first-order valence-corrected chi connectivity index (χ1v) is 7.15. The average molecular weight is 249 g/mol. The Balaban J connectivity index is 1.69. The summed E-state index contributed by atoms with van der Waals surface area (Å²) in [6.45, 7) is 1.94. The van der Waals surface area contributed by atoms with E-state index in [1.807, 2.05) is 0 Å². The molecule has 0 radical (unpaired) electrons. The predicted octanol–water partition coefficient (Wildman–Crippen LogP) is 1.22. The maximum Gasteiger partial charge on any atom is 0.109 e. The molecule has 4 heteroatoms.